The van der Waals surface area contributed by atoms with E-state index in [2.05, 4.69) is 10.3 Å². The quantitative estimate of drug-likeness (QED) is 0.296. The summed E-state index contributed by atoms with van der Waals surface area (Å²) in [6, 6.07) is 15.3. The second-order valence-corrected chi connectivity index (χ2v) is 7.66. The maximum atomic E-state index is 13.5. The molecule has 0 bridgehead atoms. The van der Waals surface area contributed by atoms with Crippen molar-refractivity contribution in [2.24, 2.45) is 0 Å². The number of esters is 1. The van der Waals surface area contributed by atoms with Gasteiger partial charge in [0.25, 0.3) is 0 Å². The van der Waals surface area contributed by atoms with E-state index in [9.17, 15) is 31.5 Å². The number of hydrogen-bond acceptors (Lipinski definition) is 5. The van der Waals surface area contributed by atoms with Gasteiger partial charge in [0.05, 0.1) is 18.4 Å². The molecule has 0 aliphatic heterocycles. The molecular weight excluding hydrogens is 485 g/mol. The summed E-state index contributed by atoms with van der Waals surface area (Å²) in [5.41, 5.74) is 2.59. The van der Waals surface area contributed by atoms with Crippen molar-refractivity contribution in [1.82, 2.24) is 4.98 Å². The molecule has 1 amide bonds. The third kappa shape index (κ3) is 5.61. The molecule has 3 rings (SSSR count). The molecule has 6 nitrogen and oxygen atoms in total. The normalized spacial score (nSPS) is 11.6. The molecule has 3 aromatic rings. The van der Waals surface area contributed by atoms with E-state index in [4.69, 9.17) is 4.74 Å². The van der Waals surface area contributed by atoms with E-state index in [1.54, 1.807) is 60.8 Å². The highest BCUT2D eigenvalue weighted by molar-refractivity contribution is 5.99. The van der Waals surface area contributed by atoms with Crippen molar-refractivity contribution in [3.63, 3.8) is 0 Å². The lowest BCUT2D eigenvalue weighted by molar-refractivity contribution is -0.267. The number of nitrogens with zero attached hydrogens (tertiary/aromatic N) is 1. The van der Waals surface area contributed by atoms with Crippen LogP contribution in [0.2, 0.25) is 0 Å². The number of rotatable bonds is 8. The van der Waals surface area contributed by atoms with Gasteiger partial charge in [0.1, 0.15) is 5.82 Å². The minimum absolute atomic E-state index is 0.0548. The largest absolute Gasteiger partial charge is 0.465 e. The number of halogens is 5. The molecular formula is C25H22F5N3O3. The minimum atomic E-state index is -6.03. The van der Waals surface area contributed by atoms with Crippen LogP contribution in [0.3, 0.4) is 0 Å². The molecule has 190 valence electrons. The number of ether oxygens (including phenoxy) is 1. The van der Waals surface area contributed by atoms with Gasteiger partial charge in [-0.05, 0) is 40.8 Å². The zero-order chi connectivity index (χ0) is 26.5. The van der Waals surface area contributed by atoms with Crippen LogP contribution in [0.15, 0.2) is 60.8 Å². The van der Waals surface area contributed by atoms with Crippen molar-refractivity contribution in [2.45, 2.75) is 32.0 Å². The SMILES string of the molecule is CCc1ccnc(NCc2ccc(-c3ccccc3C(=O)OC)cc2)c1NC(=O)C(F)(F)C(F)(F)F. The Hall–Kier alpha value is -4.02. The summed E-state index contributed by atoms with van der Waals surface area (Å²) in [5, 5.41) is 4.56. The molecule has 0 saturated carbocycles. The first-order valence-corrected chi connectivity index (χ1v) is 10.7. The highest BCUT2D eigenvalue weighted by Crippen LogP contribution is 2.37. The van der Waals surface area contributed by atoms with Crippen molar-refractivity contribution in [3.8, 4) is 11.1 Å². The number of hydrogen-bond donors (Lipinski definition) is 2. The number of aryl methyl sites for hydroxylation is 1. The summed E-state index contributed by atoms with van der Waals surface area (Å²) >= 11 is 0. The van der Waals surface area contributed by atoms with Crippen LogP contribution in [0.1, 0.15) is 28.4 Å². The first-order chi connectivity index (χ1) is 17.0. The molecule has 1 heterocycles. The number of anilines is 2. The lowest BCUT2D eigenvalue weighted by Gasteiger charge is -2.21. The molecule has 0 aliphatic rings. The van der Waals surface area contributed by atoms with E-state index in [-0.39, 0.29) is 24.5 Å². The fourth-order valence-electron chi connectivity index (χ4n) is 3.40. The maximum absolute atomic E-state index is 13.5. The van der Waals surface area contributed by atoms with E-state index >= 15 is 0 Å². The van der Waals surface area contributed by atoms with Crippen molar-refractivity contribution in [3.05, 3.63) is 77.5 Å². The number of aromatic nitrogens is 1. The maximum Gasteiger partial charge on any atom is 0.463 e. The van der Waals surface area contributed by atoms with Gasteiger partial charge in [0.15, 0.2) is 0 Å². The fourth-order valence-corrected chi connectivity index (χ4v) is 3.40. The Labute approximate surface area is 203 Å². The van der Waals surface area contributed by atoms with Gasteiger partial charge in [-0.3, -0.25) is 4.79 Å². The van der Waals surface area contributed by atoms with Gasteiger partial charge in [-0.15, -0.1) is 0 Å². The molecule has 0 fully saturated rings. The first kappa shape index (κ1) is 26.6. The zero-order valence-electron chi connectivity index (χ0n) is 19.2. The average molecular weight is 507 g/mol. The Kier molecular flexibility index (Phi) is 7.91. The van der Waals surface area contributed by atoms with Crippen LogP contribution in [0, 0.1) is 0 Å². The molecule has 0 aliphatic carbocycles. The van der Waals surface area contributed by atoms with Crippen LogP contribution in [0.25, 0.3) is 11.1 Å². The second-order valence-electron chi connectivity index (χ2n) is 7.66. The van der Waals surface area contributed by atoms with E-state index in [1.807, 2.05) is 0 Å². The second kappa shape index (κ2) is 10.7. The van der Waals surface area contributed by atoms with Crippen molar-refractivity contribution in [2.75, 3.05) is 17.7 Å². The highest BCUT2D eigenvalue weighted by Gasteiger charge is 2.63. The van der Waals surface area contributed by atoms with Gasteiger partial charge in [-0.25, -0.2) is 9.78 Å². The minimum Gasteiger partial charge on any atom is -0.465 e. The van der Waals surface area contributed by atoms with Crippen LogP contribution in [-0.4, -0.2) is 36.1 Å². The molecule has 11 heteroatoms. The number of benzene rings is 2. The number of alkyl halides is 5. The molecule has 0 unspecified atom stereocenters. The van der Waals surface area contributed by atoms with E-state index < -0.39 is 24.0 Å². The Bertz CT molecular complexity index is 1240. The van der Waals surface area contributed by atoms with Crippen LogP contribution in [0.5, 0.6) is 0 Å². The lowest BCUT2D eigenvalue weighted by atomic mass is 9.98. The van der Waals surface area contributed by atoms with Crippen molar-refractivity contribution in [1.29, 1.82) is 0 Å². The van der Waals surface area contributed by atoms with Crippen molar-refractivity contribution < 1.29 is 36.3 Å². The fraction of sp³-hybridized carbons (Fsp3) is 0.240. The monoisotopic (exact) mass is 507 g/mol. The van der Waals surface area contributed by atoms with Crippen LogP contribution < -0.4 is 10.6 Å². The summed E-state index contributed by atoms with van der Waals surface area (Å²) in [6.07, 6.45) is -4.43. The van der Waals surface area contributed by atoms with Gasteiger partial charge in [-0.2, -0.15) is 22.0 Å². The molecule has 2 aromatic carbocycles. The molecule has 0 radical (unpaired) electrons. The predicted molar refractivity (Wildman–Crippen MR) is 124 cm³/mol. The number of amides is 1. The van der Waals surface area contributed by atoms with Gasteiger partial charge in [0.2, 0.25) is 0 Å². The third-order valence-corrected chi connectivity index (χ3v) is 5.36. The summed E-state index contributed by atoms with van der Waals surface area (Å²) in [6.45, 7) is 1.78. The molecule has 1 aromatic heterocycles. The van der Waals surface area contributed by atoms with E-state index in [1.165, 1.54) is 19.4 Å². The smallest absolute Gasteiger partial charge is 0.463 e. The molecule has 0 spiro atoms. The van der Waals surface area contributed by atoms with E-state index in [0.717, 1.165) is 11.1 Å². The Morgan fingerprint density at radius 2 is 1.64 bits per heavy atom. The van der Waals surface area contributed by atoms with Gasteiger partial charge >= 0.3 is 24.0 Å². The van der Waals surface area contributed by atoms with Crippen LogP contribution >= 0.6 is 0 Å². The summed E-state index contributed by atoms with van der Waals surface area (Å²) in [5.74, 6) is -8.60. The number of carbonyl (C=O) groups excluding carboxylic acids is 2. The third-order valence-electron chi connectivity index (χ3n) is 5.36. The summed E-state index contributed by atoms with van der Waals surface area (Å²) in [4.78, 5) is 27.8. The highest BCUT2D eigenvalue weighted by atomic mass is 19.4. The topological polar surface area (TPSA) is 80.3 Å². The molecule has 0 atom stereocenters. The Balaban J connectivity index is 1.81. The lowest BCUT2D eigenvalue weighted by Crippen LogP contribution is -2.47. The molecule has 0 saturated heterocycles. The van der Waals surface area contributed by atoms with Crippen LogP contribution in [-0.2, 0) is 22.5 Å². The molecule has 36 heavy (non-hydrogen) atoms. The van der Waals surface area contributed by atoms with E-state index in [0.29, 0.717) is 16.7 Å². The standard InChI is InChI=1S/C25H22F5N3O3/c1-3-16-12-13-31-21(20(16)33-23(35)24(26,27)25(28,29)30)32-14-15-8-10-17(11-9-15)18-6-4-5-7-19(18)22(34)36-2/h4-13H,3,14H2,1-2H3,(H,31,32)(H,33,35). The van der Waals surface area contributed by atoms with Crippen LogP contribution in [0.4, 0.5) is 33.5 Å². The molecule has 2 N–H and O–H groups in total. The van der Waals surface area contributed by atoms with Gasteiger partial charge in [-0.1, -0.05) is 49.4 Å². The van der Waals surface area contributed by atoms with Crippen molar-refractivity contribution >= 4 is 23.4 Å². The predicted octanol–water partition coefficient (Wildman–Crippen LogP) is 5.85. The Morgan fingerprint density at radius 3 is 2.25 bits per heavy atom. The average Bonchev–Trinajstić information content (AvgIpc) is 2.87. The van der Waals surface area contributed by atoms with Gasteiger partial charge in [0, 0.05) is 12.7 Å². The Morgan fingerprint density at radius 1 is 0.972 bits per heavy atom. The number of nitrogens with one attached hydrogen (secondary N) is 2. The number of methoxy groups -OCH3 is 1. The number of carbonyl (C=O) groups is 2. The number of pyridine rings is 1. The summed E-state index contributed by atoms with van der Waals surface area (Å²) < 4.78 is 69.7. The zero-order valence-corrected chi connectivity index (χ0v) is 19.2. The first-order valence-electron chi connectivity index (χ1n) is 10.7. The summed E-state index contributed by atoms with van der Waals surface area (Å²) in [7, 11) is 1.29. The van der Waals surface area contributed by atoms with Gasteiger partial charge < -0.3 is 15.4 Å².